The Labute approximate surface area is 102 Å². The molecule has 3 heteroatoms. The van der Waals surface area contributed by atoms with Crippen LogP contribution in [0.4, 0.5) is 0 Å². The highest BCUT2D eigenvalue weighted by Gasteiger charge is 2.14. The predicted octanol–water partition coefficient (Wildman–Crippen LogP) is 2.56. The number of hydrogen-bond donors (Lipinski definition) is 1. The standard InChI is InChI=1S/C13H19NOS/c14-8-11-3-5-12(6-4-11)9-16-10-13-2-1-7-15-13/h3-6,13H,1-2,7-10,14H2. The summed E-state index contributed by atoms with van der Waals surface area (Å²) in [6.07, 6.45) is 2.96. The summed E-state index contributed by atoms with van der Waals surface area (Å²) >= 11 is 1.96. The Morgan fingerprint density at radius 1 is 1.25 bits per heavy atom. The Morgan fingerprint density at radius 3 is 2.62 bits per heavy atom. The second kappa shape index (κ2) is 6.28. The lowest BCUT2D eigenvalue weighted by Crippen LogP contribution is -2.07. The fourth-order valence-corrected chi connectivity index (χ4v) is 2.93. The highest BCUT2D eigenvalue weighted by molar-refractivity contribution is 7.98. The van der Waals surface area contributed by atoms with E-state index in [2.05, 4.69) is 24.3 Å². The van der Waals surface area contributed by atoms with E-state index in [9.17, 15) is 0 Å². The molecule has 2 rings (SSSR count). The normalized spacial score (nSPS) is 20.2. The van der Waals surface area contributed by atoms with E-state index in [4.69, 9.17) is 10.5 Å². The van der Waals surface area contributed by atoms with E-state index < -0.39 is 0 Å². The molecule has 88 valence electrons. The molecule has 1 unspecified atom stereocenters. The maximum atomic E-state index is 5.59. The minimum Gasteiger partial charge on any atom is -0.377 e. The summed E-state index contributed by atoms with van der Waals surface area (Å²) in [6.45, 7) is 1.58. The molecule has 1 atom stereocenters. The van der Waals surface area contributed by atoms with E-state index >= 15 is 0 Å². The minimum absolute atomic E-state index is 0.494. The van der Waals surface area contributed by atoms with Crippen molar-refractivity contribution in [2.45, 2.75) is 31.2 Å². The van der Waals surface area contributed by atoms with Gasteiger partial charge in [-0.1, -0.05) is 24.3 Å². The van der Waals surface area contributed by atoms with E-state index in [0.29, 0.717) is 12.6 Å². The first-order chi connectivity index (χ1) is 7.88. The average molecular weight is 237 g/mol. The van der Waals surface area contributed by atoms with Gasteiger partial charge < -0.3 is 10.5 Å². The van der Waals surface area contributed by atoms with Gasteiger partial charge in [-0.25, -0.2) is 0 Å². The fourth-order valence-electron chi connectivity index (χ4n) is 1.86. The maximum Gasteiger partial charge on any atom is 0.0666 e. The molecule has 1 fully saturated rings. The van der Waals surface area contributed by atoms with Gasteiger partial charge in [0.15, 0.2) is 0 Å². The summed E-state index contributed by atoms with van der Waals surface area (Å²) in [5.74, 6) is 2.20. The summed E-state index contributed by atoms with van der Waals surface area (Å²) < 4.78 is 5.59. The number of hydrogen-bond acceptors (Lipinski definition) is 3. The minimum atomic E-state index is 0.494. The highest BCUT2D eigenvalue weighted by atomic mass is 32.2. The molecule has 0 radical (unpaired) electrons. The molecule has 0 aromatic heterocycles. The van der Waals surface area contributed by atoms with Crippen molar-refractivity contribution in [2.75, 3.05) is 12.4 Å². The quantitative estimate of drug-likeness (QED) is 0.855. The molecule has 1 aliphatic heterocycles. The van der Waals surface area contributed by atoms with Gasteiger partial charge in [-0.15, -0.1) is 0 Å². The first-order valence-electron chi connectivity index (χ1n) is 5.85. The second-order valence-electron chi connectivity index (χ2n) is 4.17. The molecule has 0 saturated carbocycles. The van der Waals surface area contributed by atoms with Crippen LogP contribution in [0.3, 0.4) is 0 Å². The Balaban J connectivity index is 1.71. The van der Waals surface area contributed by atoms with E-state index in [0.717, 1.165) is 18.1 Å². The lowest BCUT2D eigenvalue weighted by molar-refractivity contribution is 0.129. The van der Waals surface area contributed by atoms with E-state index in [1.54, 1.807) is 0 Å². The fraction of sp³-hybridized carbons (Fsp3) is 0.538. The predicted molar refractivity (Wildman–Crippen MR) is 69.5 cm³/mol. The first-order valence-corrected chi connectivity index (χ1v) is 7.01. The summed E-state index contributed by atoms with van der Waals surface area (Å²) in [4.78, 5) is 0. The molecule has 1 aliphatic rings. The summed E-state index contributed by atoms with van der Waals surface area (Å²) in [5.41, 5.74) is 8.14. The smallest absolute Gasteiger partial charge is 0.0666 e. The van der Waals surface area contributed by atoms with Crippen LogP contribution in [0.2, 0.25) is 0 Å². The third-order valence-corrected chi connectivity index (χ3v) is 4.00. The maximum absolute atomic E-state index is 5.59. The van der Waals surface area contributed by atoms with Crippen LogP contribution in [0.25, 0.3) is 0 Å². The summed E-state index contributed by atoms with van der Waals surface area (Å²) in [6, 6.07) is 8.57. The van der Waals surface area contributed by atoms with Crippen LogP contribution in [-0.4, -0.2) is 18.5 Å². The Kier molecular flexibility index (Phi) is 4.69. The first kappa shape index (κ1) is 12.0. The lowest BCUT2D eigenvalue weighted by Gasteiger charge is -2.08. The zero-order valence-electron chi connectivity index (χ0n) is 9.52. The third kappa shape index (κ3) is 3.51. The van der Waals surface area contributed by atoms with Crippen molar-refractivity contribution in [1.29, 1.82) is 0 Å². The molecule has 0 aliphatic carbocycles. The van der Waals surface area contributed by atoms with E-state index in [1.807, 2.05) is 11.8 Å². The molecule has 1 aromatic carbocycles. The van der Waals surface area contributed by atoms with Crippen molar-refractivity contribution in [3.8, 4) is 0 Å². The van der Waals surface area contributed by atoms with Gasteiger partial charge in [-0.3, -0.25) is 0 Å². The van der Waals surface area contributed by atoms with Crippen LogP contribution >= 0.6 is 11.8 Å². The SMILES string of the molecule is NCc1ccc(CSCC2CCCO2)cc1. The molecule has 2 N–H and O–H groups in total. The Bertz CT molecular complexity index is 306. The molecule has 1 saturated heterocycles. The zero-order chi connectivity index (χ0) is 11.2. The molecule has 2 nitrogen and oxygen atoms in total. The van der Waals surface area contributed by atoms with Crippen molar-refractivity contribution >= 4 is 11.8 Å². The van der Waals surface area contributed by atoms with Crippen molar-refractivity contribution in [1.82, 2.24) is 0 Å². The van der Waals surface area contributed by atoms with Crippen molar-refractivity contribution in [2.24, 2.45) is 5.73 Å². The highest BCUT2D eigenvalue weighted by Crippen LogP contribution is 2.20. The third-order valence-electron chi connectivity index (χ3n) is 2.86. The van der Waals surface area contributed by atoms with Gasteiger partial charge in [0.2, 0.25) is 0 Å². The zero-order valence-corrected chi connectivity index (χ0v) is 10.3. The van der Waals surface area contributed by atoms with Crippen LogP contribution in [-0.2, 0) is 17.0 Å². The molecule has 1 heterocycles. The number of thioether (sulfide) groups is 1. The summed E-state index contributed by atoms with van der Waals surface area (Å²) in [7, 11) is 0. The molecule has 0 spiro atoms. The number of rotatable bonds is 5. The molecular weight excluding hydrogens is 218 g/mol. The number of ether oxygens (including phenoxy) is 1. The lowest BCUT2D eigenvalue weighted by atomic mass is 10.1. The van der Waals surface area contributed by atoms with Gasteiger partial charge in [0.25, 0.3) is 0 Å². The van der Waals surface area contributed by atoms with Gasteiger partial charge in [-0.05, 0) is 24.0 Å². The van der Waals surface area contributed by atoms with Gasteiger partial charge in [-0.2, -0.15) is 11.8 Å². The molecular formula is C13H19NOS. The van der Waals surface area contributed by atoms with E-state index in [1.165, 1.54) is 24.0 Å². The number of benzene rings is 1. The number of nitrogens with two attached hydrogens (primary N) is 1. The van der Waals surface area contributed by atoms with Crippen LogP contribution in [0.15, 0.2) is 24.3 Å². The van der Waals surface area contributed by atoms with Crippen molar-refractivity contribution < 1.29 is 4.74 Å². The van der Waals surface area contributed by atoms with Gasteiger partial charge in [0.1, 0.15) is 0 Å². The summed E-state index contributed by atoms with van der Waals surface area (Å²) in [5, 5.41) is 0. The molecule has 16 heavy (non-hydrogen) atoms. The Morgan fingerprint density at radius 2 is 2.00 bits per heavy atom. The molecule has 0 amide bonds. The van der Waals surface area contributed by atoms with Crippen LogP contribution in [0, 0.1) is 0 Å². The van der Waals surface area contributed by atoms with Crippen molar-refractivity contribution in [3.05, 3.63) is 35.4 Å². The van der Waals surface area contributed by atoms with Gasteiger partial charge >= 0.3 is 0 Å². The van der Waals surface area contributed by atoms with Crippen LogP contribution in [0.5, 0.6) is 0 Å². The van der Waals surface area contributed by atoms with Crippen LogP contribution in [0.1, 0.15) is 24.0 Å². The van der Waals surface area contributed by atoms with Gasteiger partial charge in [0.05, 0.1) is 6.10 Å². The van der Waals surface area contributed by atoms with Crippen molar-refractivity contribution in [3.63, 3.8) is 0 Å². The monoisotopic (exact) mass is 237 g/mol. The molecule has 0 bridgehead atoms. The van der Waals surface area contributed by atoms with Gasteiger partial charge in [0, 0.05) is 24.7 Å². The Hall–Kier alpha value is -0.510. The molecule has 1 aromatic rings. The van der Waals surface area contributed by atoms with Crippen LogP contribution < -0.4 is 5.73 Å². The largest absolute Gasteiger partial charge is 0.377 e. The second-order valence-corrected chi connectivity index (χ2v) is 5.20. The average Bonchev–Trinajstić information content (AvgIpc) is 2.83. The van der Waals surface area contributed by atoms with E-state index in [-0.39, 0.29) is 0 Å². The topological polar surface area (TPSA) is 35.2 Å².